The number of hydrogen-bond donors (Lipinski definition) is 0. The van der Waals surface area contributed by atoms with Crippen molar-refractivity contribution in [3.8, 4) is 0 Å². The van der Waals surface area contributed by atoms with Crippen LogP contribution < -0.4 is 0 Å². The monoisotopic (exact) mass is 300 g/mol. The normalized spacial score (nSPS) is 12.8. The molecule has 0 aliphatic carbocycles. The van der Waals surface area contributed by atoms with E-state index in [9.17, 15) is 9.59 Å². The average molecular weight is 300 g/mol. The summed E-state index contributed by atoms with van der Waals surface area (Å²) in [6.45, 7) is 10.5. The van der Waals surface area contributed by atoms with Crippen LogP contribution in [0.25, 0.3) is 0 Å². The summed E-state index contributed by atoms with van der Waals surface area (Å²) in [7, 11) is 0. The summed E-state index contributed by atoms with van der Waals surface area (Å²) in [5, 5.41) is 0. The molecule has 0 fully saturated rings. The Labute approximate surface area is 129 Å². The molecule has 0 saturated heterocycles. The fourth-order valence-electron chi connectivity index (χ4n) is 2.49. The van der Waals surface area contributed by atoms with Crippen molar-refractivity contribution in [2.24, 2.45) is 11.3 Å². The van der Waals surface area contributed by atoms with Crippen LogP contribution in [0.1, 0.15) is 73.1 Å². The molecule has 4 heteroatoms. The van der Waals surface area contributed by atoms with E-state index >= 15 is 0 Å². The van der Waals surface area contributed by atoms with Gasteiger partial charge >= 0.3 is 11.9 Å². The third-order valence-electron chi connectivity index (χ3n) is 3.87. The largest absolute Gasteiger partial charge is 0.466 e. The zero-order valence-electron chi connectivity index (χ0n) is 14.4. The lowest BCUT2D eigenvalue weighted by molar-refractivity contribution is -0.159. The van der Waals surface area contributed by atoms with Crippen LogP contribution in [0.2, 0.25) is 0 Å². The van der Waals surface area contributed by atoms with Gasteiger partial charge in [-0.2, -0.15) is 0 Å². The minimum Gasteiger partial charge on any atom is -0.466 e. The van der Waals surface area contributed by atoms with Crippen LogP contribution in [0, 0.1) is 11.3 Å². The molecule has 21 heavy (non-hydrogen) atoms. The maximum Gasteiger partial charge on any atom is 0.310 e. The van der Waals surface area contributed by atoms with Crippen molar-refractivity contribution in [3.63, 3.8) is 0 Å². The van der Waals surface area contributed by atoms with Crippen LogP contribution in [0.4, 0.5) is 0 Å². The quantitative estimate of drug-likeness (QED) is 0.425. The van der Waals surface area contributed by atoms with Gasteiger partial charge in [0, 0.05) is 0 Å². The van der Waals surface area contributed by atoms with E-state index in [1.807, 2.05) is 13.8 Å². The van der Waals surface area contributed by atoms with Gasteiger partial charge in [-0.05, 0) is 25.7 Å². The van der Waals surface area contributed by atoms with Gasteiger partial charge < -0.3 is 9.47 Å². The highest BCUT2D eigenvalue weighted by atomic mass is 16.5. The Morgan fingerprint density at radius 2 is 1.57 bits per heavy atom. The molecule has 0 rings (SSSR count). The first-order valence-electron chi connectivity index (χ1n) is 8.21. The SMILES string of the molecule is CCCCCCC(C)(C)C(CC(=O)OCC)C(=O)OCC. The molecule has 0 aliphatic heterocycles. The molecule has 4 nitrogen and oxygen atoms in total. The predicted molar refractivity (Wildman–Crippen MR) is 83.9 cm³/mol. The molecule has 124 valence electrons. The van der Waals surface area contributed by atoms with Gasteiger partial charge in [0.05, 0.1) is 25.6 Å². The molecule has 0 bridgehead atoms. The number of carbonyl (C=O) groups is 2. The Hall–Kier alpha value is -1.06. The van der Waals surface area contributed by atoms with Crippen molar-refractivity contribution in [2.45, 2.75) is 73.1 Å². The summed E-state index contributed by atoms with van der Waals surface area (Å²) in [5.74, 6) is -1.04. The van der Waals surface area contributed by atoms with E-state index in [1.54, 1.807) is 13.8 Å². The van der Waals surface area contributed by atoms with E-state index < -0.39 is 5.92 Å². The second-order valence-corrected chi connectivity index (χ2v) is 6.11. The van der Waals surface area contributed by atoms with E-state index in [0.29, 0.717) is 13.2 Å². The first kappa shape index (κ1) is 19.9. The molecule has 0 saturated carbocycles. The lowest BCUT2D eigenvalue weighted by atomic mass is 9.73. The smallest absolute Gasteiger partial charge is 0.310 e. The molecule has 0 heterocycles. The summed E-state index contributed by atoms with van der Waals surface area (Å²) in [6.07, 6.45) is 5.64. The molecule has 0 aliphatic rings. The summed E-state index contributed by atoms with van der Waals surface area (Å²) in [6, 6.07) is 0. The Bertz CT molecular complexity index is 310. The Kier molecular flexibility index (Phi) is 10.1. The van der Waals surface area contributed by atoms with Gasteiger partial charge in [-0.3, -0.25) is 9.59 Å². The summed E-state index contributed by atoms with van der Waals surface area (Å²) >= 11 is 0. The zero-order valence-corrected chi connectivity index (χ0v) is 14.4. The number of rotatable bonds is 11. The number of esters is 2. The molecule has 0 aromatic heterocycles. The number of carbonyl (C=O) groups excluding carboxylic acids is 2. The summed E-state index contributed by atoms with van der Waals surface area (Å²) in [4.78, 5) is 23.9. The minimum atomic E-state index is -0.432. The molecule has 1 atom stereocenters. The van der Waals surface area contributed by atoms with Crippen LogP contribution in [-0.4, -0.2) is 25.2 Å². The van der Waals surface area contributed by atoms with Gasteiger partial charge in [-0.1, -0.05) is 46.5 Å². The standard InChI is InChI=1S/C17H32O4/c1-6-9-10-11-12-17(4,5)14(16(19)21-8-3)13-15(18)20-7-2/h14H,6-13H2,1-5H3. The predicted octanol–water partition coefficient (Wildman–Crippen LogP) is 4.12. The minimum absolute atomic E-state index is 0.105. The molecule has 0 radical (unpaired) electrons. The van der Waals surface area contributed by atoms with Crippen molar-refractivity contribution in [1.82, 2.24) is 0 Å². The fourth-order valence-corrected chi connectivity index (χ4v) is 2.49. The Morgan fingerprint density at radius 1 is 0.952 bits per heavy atom. The average Bonchev–Trinajstić information content (AvgIpc) is 2.41. The van der Waals surface area contributed by atoms with E-state index in [4.69, 9.17) is 9.47 Å². The van der Waals surface area contributed by atoms with Crippen molar-refractivity contribution in [1.29, 1.82) is 0 Å². The Balaban J connectivity index is 4.73. The first-order valence-corrected chi connectivity index (χ1v) is 8.21. The van der Waals surface area contributed by atoms with E-state index in [-0.39, 0.29) is 23.8 Å². The van der Waals surface area contributed by atoms with Crippen LogP contribution >= 0.6 is 0 Å². The first-order chi connectivity index (χ1) is 9.88. The summed E-state index contributed by atoms with van der Waals surface area (Å²) < 4.78 is 10.1. The van der Waals surface area contributed by atoms with Gasteiger partial charge in [-0.15, -0.1) is 0 Å². The van der Waals surface area contributed by atoms with Crippen LogP contribution in [0.5, 0.6) is 0 Å². The topological polar surface area (TPSA) is 52.6 Å². The molecule has 0 amide bonds. The lowest BCUT2D eigenvalue weighted by Gasteiger charge is -2.32. The molecule has 0 spiro atoms. The second kappa shape index (κ2) is 10.6. The van der Waals surface area contributed by atoms with Gasteiger partial charge in [0.15, 0.2) is 0 Å². The molecule has 0 aromatic rings. The highest BCUT2D eigenvalue weighted by Gasteiger charge is 2.37. The third-order valence-corrected chi connectivity index (χ3v) is 3.87. The molecular formula is C17H32O4. The van der Waals surface area contributed by atoms with Gasteiger partial charge in [0.1, 0.15) is 0 Å². The highest BCUT2D eigenvalue weighted by Crippen LogP contribution is 2.36. The van der Waals surface area contributed by atoms with Crippen LogP contribution in [0.15, 0.2) is 0 Å². The van der Waals surface area contributed by atoms with E-state index in [0.717, 1.165) is 19.3 Å². The highest BCUT2D eigenvalue weighted by molar-refractivity contribution is 5.80. The van der Waals surface area contributed by atoms with E-state index in [1.165, 1.54) is 12.8 Å². The fraction of sp³-hybridized carbons (Fsp3) is 0.882. The molecule has 1 unspecified atom stereocenters. The van der Waals surface area contributed by atoms with Crippen molar-refractivity contribution >= 4 is 11.9 Å². The maximum atomic E-state index is 12.2. The van der Waals surface area contributed by atoms with Crippen molar-refractivity contribution < 1.29 is 19.1 Å². The molecule has 0 N–H and O–H groups in total. The van der Waals surface area contributed by atoms with E-state index in [2.05, 4.69) is 6.92 Å². The van der Waals surface area contributed by atoms with Crippen LogP contribution in [0.3, 0.4) is 0 Å². The Morgan fingerprint density at radius 3 is 2.10 bits per heavy atom. The van der Waals surface area contributed by atoms with Gasteiger partial charge in [0.2, 0.25) is 0 Å². The maximum absolute atomic E-state index is 12.2. The zero-order chi connectivity index (χ0) is 16.3. The van der Waals surface area contributed by atoms with Crippen molar-refractivity contribution in [2.75, 3.05) is 13.2 Å². The van der Waals surface area contributed by atoms with Gasteiger partial charge in [0.25, 0.3) is 0 Å². The third kappa shape index (κ3) is 8.08. The second-order valence-electron chi connectivity index (χ2n) is 6.11. The molecular weight excluding hydrogens is 268 g/mol. The molecule has 0 aromatic carbocycles. The number of hydrogen-bond acceptors (Lipinski definition) is 4. The summed E-state index contributed by atoms with van der Waals surface area (Å²) in [5.41, 5.74) is -0.257. The van der Waals surface area contributed by atoms with Gasteiger partial charge in [-0.25, -0.2) is 0 Å². The number of unbranched alkanes of at least 4 members (excludes halogenated alkanes) is 3. The lowest BCUT2D eigenvalue weighted by Crippen LogP contribution is -2.35. The van der Waals surface area contributed by atoms with Crippen molar-refractivity contribution in [3.05, 3.63) is 0 Å². The number of ether oxygens (including phenoxy) is 2. The van der Waals surface area contributed by atoms with Crippen LogP contribution in [-0.2, 0) is 19.1 Å².